The highest BCUT2D eigenvalue weighted by Gasteiger charge is 2.37. The second-order valence-corrected chi connectivity index (χ2v) is 10.0. The van der Waals surface area contributed by atoms with Crippen LogP contribution in [0.1, 0.15) is 42.9 Å². The normalized spacial score (nSPS) is 22.7. The summed E-state index contributed by atoms with van der Waals surface area (Å²) < 4.78 is 5.46. The van der Waals surface area contributed by atoms with E-state index >= 15 is 0 Å². The van der Waals surface area contributed by atoms with Crippen molar-refractivity contribution in [3.05, 3.63) is 34.9 Å². The van der Waals surface area contributed by atoms with Gasteiger partial charge in [-0.1, -0.05) is 6.92 Å². The molecule has 7 nitrogen and oxygen atoms in total. The highest BCUT2D eigenvalue weighted by Crippen LogP contribution is 2.36. The van der Waals surface area contributed by atoms with Crippen molar-refractivity contribution >= 4 is 5.82 Å². The van der Waals surface area contributed by atoms with Crippen LogP contribution in [0.2, 0.25) is 0 Å². The van der Waals surface area contributed by atoms with Gasteiger partial charge in [-0.15, -0.1) is 10.2 Å². The maximum Gasteiger partial charge on any atom is 0.154 e. The van der Waals surface area contributed by atoms with Crippen LogP contribution in [0.4, 0.5) is 5.82 Å². The maximum atomic E-state index is 10.5. The van der Waals surface area contributed by atoms with E-state index in [2.05, 4.69) is 39.1 Å². The van der Waals surface area contributed by atoms with Gasteiger partial charge in [0.2, 0.25) is 0 Å². The number of hydrogen-bond acceptors (Lipinski definition) is 7. The lowest BCUT2D eigenvalue weighted by molar-refractivity contribution is -0.117. The van der Waals surface area contributed by atoms with Crippen molar-refractivity contribution in [2.45, 2.75) is 45.6 Å². The van der Waals surface area contributed by atoms with E-state index in [0.29, 0.717) is 28.3 Å². The predicted molar refractivity (Wildman–Crippen MR) is 123 cm³/mol. The van der Waals surface area contributed by atoms with Gasteiger partial charge in [-0.25, -0.2) is 0 Å². The van der Waals surface area contributed by atoms with Crippen molar-refractivity contribution in [3.63, 3.8) is 0 Å². The average molecular weight is 434 g/mol. The topological polar surface area (TPSA) is 85.5 Å². The number of fused-ring (bicyclic) bond motifs is 1. The predicted octanol–water partition coefficient (Wildman–Crippen LogP) is 3.28. The Morgan fingerprint density at radius 3 is 2.78 bits per heavy atom. The van der Waals surface area contributed by atoms with Gasteiger partial charge < -0.3 is 19.6 Å². The molecule has 5 rings (SSSR count). The van der Waals surface area contributed by atoms with Gasteiger partial charge >= 0.3 is 0 Å². The van der Waals surface area contributed by atoms with Crippen LogP contribution in [0, 0.1) is 23.7 Å². The summed E-state index contributed by atoms with van der Waals surface area (Å²) in [5.41, 5.74) is 4.12. The lowest BCUT2D eigenvalue weighted by Gasteiger charge is -2.46. The zero-order chi connectivity index (χ0) is 22.3. The Hall–Kier alpha value is -2.69. The number of piperidine rings is 1. The second-order valence-electron chi connectivity index (χ2n) is 10.0. The fourth-order valence-corrected chi connectivity index (χ4v) is 5.55. The van der Waals surface area contributed by atoms with Crippen molar-refractivity contribution in [1.82, 2.24) is 15.1 Å². The quantitative estimate of drug-likeness (QED) is 0.792. The number of anilines is 1. The fourth-order valence-electron chi connectivity index (χ4n) is 5.55. The molecule has 0 spiro atoms. The number of phenols is 1. The Labute approximate surface area is 189 Å². The number of likely N-dealkylation sites (tertiary alicyclic amines) is 1. The molecular formula is C25H31N5O2. The minimum atomic E-state index is 0.0832. The Morgan fingerprint density at radius 1 is 1.22 bits per heavy atom. The lowest BCUT2D eigenvalue weighted by atomic mass is 9.87. The zero-order valence-corrected chi connectivity index (χ0v) is 19.0. The molecule has 2 aromatic rings. The smallest absolute Gasteiger partial charge is 0.154 e. The second kappa shape index (κ2) is 8.34. The number of nitrogens with zero attached hydrogens (tertiary/aromatic N) is 5. The van der Waals surface area contributed by atoms with Crippen LogP contribution < -0.4 is 4.90 Å². The summed E-state index contributed by atoms with van der Waals surface area (Å²) in [7, 11) is 0. The van der Waals surface area contributed by atoms with Gasteiger partial charge in [0.1, 0.15) is 5.75 Å². The van der Waals surface area contributed by atoms with E-state index in [0.717, 1.165) is 63.6 Å². The van der Waals surface area contributed by atoms with Crippen LogP contribution in [0.5, 0.6) is 5.75 Å². The molecule has 7 heteroatoms. The number of benzene rings is 1. The van der Waals surface area contributed by atoms with Crippen LogP contribution in [-0.4, -0.2) is 65.6 Å². The molecule has 32 heavy (non-hydrogen) atoms. The van der Waals surface area contributed by atoms with Gasteiger partial charge in [-0.3, -0.25) is 0 Å². The van der Waals surface area contributed by atoms with E-state index < -0.39 is 0 Å². The van der Waals surface area contributed by atoms with Crippen molar-refractivity contribution in [2.75, 3.05) is 44.3 Å². The molecule has 2 saturated heterocycles. The van der Waals surface area contributed by atoms with E-state index in [1.54, 1.807) is 6.07 Å². The molecular weight excluding hydrogens is 402 g/mol. The molecule has 0 amide bonds. The van der Waals surface area contributed by atoms with Crippen LogP contribution in [-0.2, 0) is 11.2 Å². The maximum absolute atomic E-state index is 10.5. The van der Waals surface area contributed by atoms with Gasteiger partial charge in [-0.2, -0.15) is 5.26 Å². The first kappa shape index (κ1) is 21.2. The van der Waals surface area contributed by atoms with Gasteiger partial charge in [-0.05, 0) is 68.5 Å². The minimum absolute atomic E-state index is 0.0832. The summed E-state index contributed by atoms with van der Waals surface area (Å²) >= 11 is 0. The number of rotatable bonds is 4. The van der Waals surface area contributed by atoms with Crippen LogP contribution in [0.25, 0.3) is 11.3 Å². The Kier molecular flexibility index (Phi) is 5.52. The first-order valence-electron chi connectivity index (χ1n) is 11.6. The first-order chi connectivity index (χ1) is 15.5. The van der Waals surface area contributed by atoms with Gasteiger partial charge in [0.25, 0.3) is 0 Å². The van der Waals surface area contributed by atoms with E-state index in [-0.39, 0.29) is 5.75 Å². The number of phenolic OH excluding ortho intramolecular Hbond substituents is 1. The number of aryl methyl sites for hydroxylation is 2. The summed E-state index contributed by atoms with van der Waals surface area (Å²) in [6.07, 6.45) is 4.45. The lowest BCUT2D eigenvalue weighted by Crippen LogP contribution is -2.55. The standard InChI is InChI=1S/C25H31N5O2/c1-17-9-18(12-26)10-22(31)23(17)21-11-19-5-3-8-30(24(19)28-27-21)20-6-4-7-29(13-20)14-25(2)15-32-16-25/h9-11,20,31H,3-8,13-16H2,1-2H3/t20-/m0/s1. The summed E-state index contributed by atoms with van der Waals surface area (Å²) in [5, 5.41) is 28.9. The Bertz CT molecular complexity index is 1040. The molecule has 1 atom stereocenters. The fraction of sp³-hybridized carbons (Fsp3) is 0.560. The van der Waals surface area contributed by atoms with E-state index in [1.165, 1.54) is 24.5 Å². The SMILES string of the molecule is Cc1cc(C#N)cc(O)c1-c1cc2c(nn1)N([C@H]1CCCN(CC3(C)COC3)C1)CCC2. The van der Waals surface area contributed by atoms with Crippen LogP contribution in [0.3, 0.4) is 0 Å². The summed E-state index contributed by atoms with van der Waals surface area (Å²) in [4.78, 5) is 5.07. The number of aromatic hydroxyl groups is 1. The molecule has 0 unspecified atom stereocenters. The molecule has 0 bridgehead atoms. The van der Waals surface area contributed by atoms with Crippen molar-refractivity contribution in [2.24, 2.45) is 5.41 Å². The molecule has 0 aliphatic carbocycles. The third-order valence-electron chi connectivity index (χ3n) is 7.10. The Morgan fingerprint density at radius 2 is 2.06 bits per heavy atom. The molecule has 168 valence electrons. The molecule has 0 saturated carbocycles. The van der Waals surface area contributed by atoms with Crippen LogP contribution in [0.15, 0.2) is 18.2 Å². The van der Waals surface area contributed by atoms with Crippen molar-refractivity contribution in [3.8, 4) is 23.1 Å². The third kappa shape index (κ3) is 3.94. The number of ether oxygens (including phenoxy) is 1. The highest BCUT2D eigenvalue weighted by atomic mass is 16.5. The Balaban J connectivity index is 1.38. The highest BCUT2D eigenvalue weighted by molar-refractivity contribution is 5.73. The van der Waals surface area contributed by atoms with Crippen molar-refractivity contribution in [1.29, 1.82) is 5.26 Å². The molecule has 4 heterocycles. The van der Waals surface area contributed by atoms with Crippen LogP contribution >= 0.6 is 0 Å². The average Bonchev–Trinajstić information content (AvgIpc) is 2.77. The molecule has 1 aromatic carbocycles. The molecule has 2 fully saturated rings. The summed E-state index contributed by atoms with van der Waals surface area (Å²) in [6, 6.07) is 7.91. The van der Waals surface area contributed by atoms with E-state index in [1.807, 2.05) is 6.92 Å². The van der Waals surface area contributed by atoms with Gasteiger partial charge in [0.15, 0.2) is 5.82 Å². The minimum Gasteiger partial charge on any atom is -0.507 e. The molecule has 0 radical (unpaired) electrons. The summed E-state index contributed by atoms with van der Waals surface area (Å²) in [6.45, 7) is 10.3. The number of hydrogen-bond donors (Lipinski definition) is 1. The summed E-state index contributed by atoms with van der Waals surface area (Å²) in [5.74, 6) is 1.08. The molecule has 1 aromatic heterocycles. The monoisotopic (exact) mass is 433 g/mol. The van der Waals surface area contributed by atoms with E-state index in [4.69, 9.17) is 10.00 Å². The largest absolute Gasteiger partial charge is 0.507 e. The van der Waals surface area contributed by atoms with Gasteiger partial charge in [0, 0.05) is 36.7 Å². The van der Waals surface area contributed by atoms with E-state index in [9.17, 15) is 5.11 Å². The first-order valence-corrected chi connectivity index (χ1v) is 11.6. The van der Waals surface area contributed by atoms with Crippen molar-refractivity contribution < 1.29 is 9.84 Å². The number of aromatic nitrogens is 2. The molecule has 3 aliphatic rings. The number of nitriles is 1. The van der Waals surface area contributed by atoms with Gasteiger partial charge in [0.05, 0.1) is 30.5 Å². The molecule has 3 aliphatic heterocycles. The molecule has 1 N–H and O–H groups in total. The zero-order valence-electron chi connectivity index (χ0n) is 19.0. The third-order valence-corrected chi connectivity index (χ3v) is 7.10.